The van der Waals surface area contributed by atoms with Crippen LogP contribution in [0.25, 0.3) is 11.0 Å². The number of rotatable bonds is 4. The molecule has 152 valence electrons. The van der Waals surface area contributed by atoms with Crippen LogP contribution >= 0.6 is 11.6 Å². The number of carbonyl (C=O) groups excluding carboxylic acids is 1. The van der Waals surface area contributed by atoms with Gasteiger partial charge in [-0.15, -0.1) is 0 Å². The number of fused-ring (bicyclic) bond motifs is 1. The number of benzene rings is 2. The van der Waals surface area contributed by atoms with Gasteiger partial charge in [0.25, 0.3) is 0 Å². The van der Waals surface area contributed by atoms with E-state index < -0.39 is 0 Å². The van der Waals surface area contributed by atoms with E-state index in [1.165, 1.54) is 0 Å². The zero-order chi connectivity index (χ0) is 20.4. The highest BCUT2D eigenvalue weighted by molar-refractivity contribution is 6.34. The van der Waals surface area contributed by atoms with Crippen molar-refractivity contribution in [3.05, 3.63) is 53.3 Å². The Morgan fingerprint density at radius 1 is 1.21 bits per heavy atom. The molecular formula is C21H24ClN5O2. The van der Waals surface area contributed by atoms with Crippen molar-refractivity contribution in [3.8, 4) is 0 Å². The SMILES string of the molecule is CN(Cc1nc2ccccc2n1C)C(=O)Nc1cccc(Cl)c1N1CCOCC1. The maximum absolute atomic E-state index is 12.9. The molecule has 1 aliphatic rings. The lowest BCUT2D eigenvalue weighted by Crippen LogP contribution is -2.37. The maximum Gasteiger partial charge on any atom is 0.322 e. The van der Waals surface area contributed by atoms with E-state index in [0.29, 0.717) is 30.5 Å². The Morgan fingerprint density at radius 3 is 2.72 bits per heavy atom. The Morgan fingerprint density at radius 2 is 1.97 bits per heavy atom. The Hall–Kier alpha value is -2.77. The Kier molecular flexibility index (Phi) is 5.60. The van der Waals surface area contributed by atoms with Crippen molar-refractivity contribution in [2.45, 2.75) is 6.54 Å². The minimum atomic E-state index is -0.214. The van der Waals surface area contributed by atoms with Crippen molar-refractivity contribution >= 4 is 40.0 Å². The van der Waals surface area contributed by atoms with Gasteiger partial charge in [-0.3, -0.25) is 0 Å². The average molecular weight is 414 g/mol. The molecule has 0 radical (unpaired) electrons. The number of nitrogens with zero attached hydrogens (tertiary/aromatic N) is 4. The zero-order valence-corrected chi connectivity index (χ0v) is 17.3. The Balaban J connectivity index is 1.51. The van der Waals surface area contributed by atoms with Gasteiger partial charge >= 0.3 is 6.03 Å². The summed E-state index contributed by atoms with van der Waals surface area (Å²) in [7, 11) is 3.72. The summed E-state index contributed by atoms with van der Waals surface area (Å²) in [6.07, 6.45) is 0. The number of aromatic nitrogens is 2. The number of nitrogens with one attached hydrogen (secondary N) is 1. The number of hydrogen-bond acceptors (Lipinski definition) is 4. The third kappa shape index (κ3) is 4.02. The second-order valence-electron chi connectivity index (χ2n) is 7.10. The molecule has 4 rings (SSSR count). The molecule has 1 N–H and O–H groups in total. The van der Waals surface area contributed by atoms with E-state index >= 15 is 0 Å². The molecule has 2 heterocycles. The summed E-state index contributed by atoms with van der Waals surface area (Å²) in [5, 5.41) is 3.62. The van der Waals surface area contributed by atoms with Crippen LogP contribution in [-0.2, 0) is 18.3 Å². The number of anilines is 2. The molecule has 0 spiro atoms. The van der Waals surface area contributed by atoms with Gasteiger partial charge in [0.2, 0.25) is 0 Å². The number of halogens is 1. The number of amides is 2. The molecule has 2 aromatic carbocycles. The van der Waals surface area contributed by atoms with E-state index in [2.05, 4.69) is 15.2 Å². The molecule has 0 unspecified atom stereocenters. The van der Waals surface area contributed by atoms with Crippen LogP contribution in [0.4, 0.5) is 16.2 Å². The van der Waals surface area contributed by atoms with Gasteiger partial charge in [0.05, 0.1) is 47.2 Å². The molecule has 1 aromatic heterocycles. The fourth-order valence-corrected chi connectivity index (χ4v) is 3.85. The first-order valence-corrected chi connectivity index (χ1v) is 9.96. The highest BCUT2D eigenvalue weighted by atomic mass is 35.5. The van der Waals surface area contributed by atoms with Crippen LogP contribution in [0.15, 0.2) is 42.5 Å². The summed E-state index contributed by atoms with van der Waals surface area (Å²) < 4.78 is 7.44. The predicted molar refractivity (Wildman–Crippen MR) is 116 cm³/mol. The number of aryl methyl sites for hydroxylation is 1. The molecule has 0 aliphatic carbocycles. The Labute approximate surface area is 174 Å². The van der Waals surface area contributed by atoms with Crippen LogP contribution < -0.4 is 10.2 Å². The number of para-hydroxylation sites is 3. The third-order valence-corrected chi connectivity index (χ3v) is 5.47. The molecule has 0 bridgehead atoms. The van der Waals surface area contributed by atoms with E-state index in [4.69, 9.17) is 16.3 Å². The van der Waals surface area contributed by atoms with E-state index in [1.54, 1.807) is 11.9 Å². The highest BCUT2D eigenvalue weighted by Crippen LogP contribution is 2.34. The van der Waals surface area contributed by atoms with E-state index in [-0.39, 0.29) is 6.03 Å². The van der Waals surface area contributed by atoms with Gasteiger partial charge in [0.1, 0.15) is 5.82 Å². The quantitative estimate of drug-likeness (QED) is 0.708. The van der Waals surface area contributed by atoms with E-state index in [9.17, 15) is 4.79 Å². The molecule has 0 atom stereocenters. The second kappa shape index (κ2) is 8.31. The molecule has 1 aliphatic heterocycles. The van der Waals surface area contributed by atoms with Crippen molar-refractivity contribution in [3.63, 3.8) is 0 Å². The van der Waals surface area contributed by atoms with Gasteiger partial charge in [-0.2, -0.15) is 0 Å². The van der Waals surface area contributed by atoms with Crippen LogP contribution in [-0.4, -0.2) is 53.8 Å². The van der Waals surface area contributed by atoms with Gasteiger partial charge in [-0.25, -0.2) is 9.78 Å². The number of carbonyl (C=O) groups is 1. The molecular weight excluding hydrogens is 390 g/mol. The number of morpholine rings is 1. The normalized spacial score (nSPS) is 14.2. The zero-order valence-electron chi connectivity index (χ0n) is 16.6. The largest absolute Gasteiger partial charge is 0.378 e. The van der Waals surface area contributed by atoms with Crippen LogP contribution in [0, 0.1) is 0 Å². The lowest BCUT2D eigenvalue weighted by atomic mass is 10.2. The summed E-state index contributed by atoms with van der Waals surface area (Å²) >= 11 is 6.46. The van der Waals surface area contributed by atoms with Gasteiger partial charge in [0, 0.05) is 27.2 Å². The van der Waals surface area contributed by atoms with Crippen molar-refractivity contribution in [2.75, 3.05) is 43.6 Å². The van der Waals surface area contributed by atoms with Crippen molar-refractivity contribution in [2.24, 2.45) is 7.05 Å². The first-order valence-electron chi connectivity index (χ1n) is 9.58. The third-order valence-electron chi connectivity index (χ3n) is 5.16. The highest BCUT2D eigenvalue weighted by Gasteiger charge is 2.21. The minimum absolute atomic E-state index is 0.214. The van der Waals surface area contributed by atoms with Gasteiger partial charge in [0.15, 0.2) is 0 Å². The summed E-state index contributed by atoms with van der Waals surface area (Å²) in [4.78, 5) is 21.3. The molecule has 2 amide bonds. The number of ether oxygens (including phenoxy) is 1. The van der Waals surface area contributed by atoms with E-state index in [0.717, 1.165) is 35.6 Å². The molecule has 7 nitrogen and oxygen atoms in total. The van der Waals surface area contributed by atoms with Gasteiger partial charge < -0.3 is 24.4 Å². The van der Waals surface area contributed by atoms with Gasteiger partial charge in [-0.1, -0.05) is 29.8 Å². The summed E-state index contributed by atoms with van der Waals surface area (Å²) in [6.45, 7) is 3.16. The van der Waals surface area contributed by atoms with Crippen LogP contribution in [0.1, 0.15) is 5.82 Å². The molecule has 3 aromatic rings. The molecule has 8 heteroatoms. The van der Waals surface area contributed by atoms with Crippen molar-refractivity contribution in [1.82, 2.24) is 14.5 Å². The summed E-state index contributed by atoms with van der Waals surface area (Å²) in [5.41, 5.74) is 3.49. The fraction of sp³-hybridized carbons (Fsp3) is 0.333. The lowest BCUT2D eigenvalue weighted by Gasteiger charge is -2.31. The number of hydrogen-bond donors (Lipinski definition) is 1. The van der Waals surface area contributed by atoms with Crippen LogP contribution in [0.3, 0.4) is 0 Å². The molecule has 1 saturated heterocycles. The topological polar surface area (TPSA) is 62.6 Å². The first-order chi connectivity index (χ1) is 14.0. The monoisotopic (exact) mass is 413 g/mol. The smallest absolute Gasteiger partial charge is 0.322 e. The van der Waals surface area contributed by atoms with Gasteiger partial charge in [-0.05, 0) is 24.3 Å². The minimum Gasteiger partial charge on any atom is -0.378 e. The standard InChI is InChI=1S/C21H24ClN5O2/c1-25(14-19-23-16-7-3-4-9-18(16)26(19)2)21(28)24-17-8-5-6-15(22)20(17)27-10-12-29-13-11-27/h3-9H,10-14H2,1-2H3,(H,24,28). The summed E-state index contributed by atoms with van der Waals surface area (Å²) in [6, 6.07) is 13.3. The van der Waals surface area contributed by atoms with Crippen LogP contribution in [0.2, 0.25) is 5.02 Å². The lowest BCUT2D eigenvalue weighted by molar-refractivity contribution is 0.123. The fourth-order valence-electron chi connectivity index (χ4n) is 3.56. The Bertz CT molecular complexity index is 1030. The number of urea groups is 1. The molecule has 29 heavy (non-hydrogen) atoms. The predicted octanol–water partition coefficient (Wildman–Crippen LogP) is 3.73. The van der Waals surface area contributed by atoms with Crippen LogP contribution in [0.5, 0.6) is 0 Å². The molecule has 0 saturated carbocycles. The van der Waals surface area contributed by atoms with E-state index in [1.807, 2.05) is 54.1 Å². The number of imidazole rings is 1. The molecule has 1 fully saturated rings. The first kappa shape index (κ1) is 19.5. The second-order valence-corrected chi connectivity index (χ2v) is 7.50. The van der Waals surface area contributed by atoms with Crippen molar-refractivity contribution < 1.29 is 9.53 Å². The summed E-state index contributed by atoms with van der Waals surface area (Å²) in [5.74, 6) is 0.823. The van der Waals surface area contributed by atoms with Crippen molar-refractivity contribution in [1.29, 1.82) is 0 Å². The average Bonchev–Trinajstić information content (AvgIpc) is 3.04. The maximum atomic E-state index is 12.9.